The number of amides is 1. The van der Waals surface area contributed by atoms with Crippen LogP contribution in [0.3, 0.4) is 0 Å². The van der Waals surface area contributed by atoms with E-state index in [0.717, 1.165) is 12.3 Å². The van der Waals surface area contributed by atoms with Gasteiger partial charge < -0.3 is 16.3 Å². The first-order chi connectivity index (χ1) is 10.0. The average Bonchev–Trinajstić information content (AvgIpc) is 2.47. The zero-order valence-electron chi connectivity index (χ0n) is 10.5. The van der Waals surface area contributed by atoms with Gasteiger partial charge >= 0.3 is 0 Å². The highest BCUT2D eigenvalue weighted by atomic mass is 19.1. The van der Waals surface area contributed by atoms with Gasteiger partial charge in [0.1, 0.15) is 5.82 Å². The van der Waals surface area contributed by atoms with Crippen LogP contribution in [0.4, 0.5) is 14.5 Å². The van der Waals surface area contributed by atoms with E-state index in [1.165, 1.54) is 24.4 Å². The zero-order chi connectivity index (χ0) is 15.4. The molecule has 0 unspecified atom stereocenters. The Morgan fingerprint density at radius 2 is 2.05 bits per heavy atom. The number of rotatable bonds is 3. The lowest BCUT2D eigenvalue weighted by Gasteiger charge is -2.11. The third kappa shape index (κ3) is 2.94. The number of benzene rings is 1. The molecule has 1 aromatic heterocycles. The fourth-order valence-corrected chi connectivity index (χ4v) is 1.69. The van der Waals surface area contributed by atoms with E-state index in [9.17, 15) is 13.6 Å². The molecular formula is C13H10F2N4O2. The molecule has 4 N–H and O–H groups in total. The molecule has 0 aliphatic rings. The lowest BCUT2D eigenvalue weighted by Crippen LogP contribution is -2.21. The van der Waals surface area contributed by atoms with E-state index < -0.39 is 23.4 Å². The Kier molecular flexibility index (Phi) is 4.07. The number of hydrogen-bond acceptors (Lipinski definition) is 4. The van der Waals surface area contributed by atoms with Gasteiger partial charge in [0.2, 0.25) is 0 Å². The molecule has 1 heterocycles. The second-order valence-electron chi connectivity index (χ2n) is 3.96. The number of hydrogen-bond donors (Lipinski definition) is 3. The van der Waals surface area contributed by atoms with Crippen LogP contribution in [0, 0.1) is 11.6 Å². The molecule has 21 heavy (non-hydrogen) atoms. The lowest BCUT2D eigenvalue weighted by molar-refractivity contribution is 0.102. The molecule has 8 heteroatoms. The predicted octanol–water partition coefficient (Wildman–Crippen LogP) is 1.71. The molecule has 0 saturated carbocycles. The summed E-state index contributed by atoms with van der Waals surface area (Å²) >= 11 is 0. The van der Waals surface area contributed by atoms with Crippen molar-refractivity contribution in [2.24, 2.45) is 10.9 Å². The first-order valence-electron chi connectivity index (χ1n) is 5.72. The van der Waals surface area contributed by atoms with Crippen molar-refractivity contribution in [3.05, 3.63) is 59.4 Å². The van der Waals surface area contributed by atoms with Gasteiger partial charge in [-0.2, -0.15) is 0 Å². The molecule has 0 atom stereocenters. The molecule has 2 aromatic rings. The summed E-state index contributed by atoms with van der Waals surface area (Å²) in [6.45, 7) is 0. The maximum atomic E-state index is 13.7. The van der Waals surface area contributed by atoms with Gasteiger partial charge in [0.05, 0.1) is 23.0 Å². The number of nitrogens with one attached hydrogen (secondary N) is 1. The summed E-state index contributed by atoms with van der Waals surface area (Å²) in [5.74, 6) is -2.94. The average molecular weight is 292 g/mol. The standard InChI is InChI=1S/C13H10F2N4O2/c14-8-2-1-3-10(11(8)12(16)19-21)18-13(20)7-4-5-17-6-9(7)15/h1-6,21H,(H2,16,19)(H,18,20). The Hall–Kier alpha value is -3.03. The fourth-order valence-electron chi connectivity index (χ4n) is 1.69. The van der Waals surface area contributed by atoms with Gasteiger partial charge in [0.25, 0.3) is 5.91 Å². The van der Waals surface area contributed by atoms with E-state index in [4.69, 9.17) is 10.9 Å². The van der Waals surface area contributed by atoms with Gasteiger partial charge in [0.15, 0.2) is 11.7 Å². The smallest absolute Gasteiger partial charge is 0.258 e. The van der Waals surface area contributed by atoms with Crippen molar-refractivity contribution in [1.82, 2.24) is 4.98 Å². The minimum absolute atomic E-state index is 0.0495. The Morgan fingerprint density at radius 1 is 1.29 bits per heavy atom. The van der Waals surface area contributed by atoms with Crippen LogP contribution in [0.5, 0.6) is 0 Å². The Labute approximate surface area is 117 Å². The van der Waals surface area contributed by atoms with Crippen molar-refractivity contribution in [3.8, 4) is 0 Å². The SMILES string of the molecule is NC(=NO)c1c(F)cccc1NC(=O)c1ccncc1F. The van der Waals surface area contributed by atoms with Crippen molar-refractivity contribution in [1.29, 1.82) is 0 Å². The first-order valence-corrected chi connectivity index (χ1v) is 5.72. The van der Waals surface area contributed by atoms with Gasteiger partial charge in [-0.15, -0.1) is 0 Å². The molecule has 0 aliphatic carbocycles. The zero-order valence-corrected chi connectivity index (χ0v) is 10.5. The predicted molar refractivity (Wildman–Crippen MR) is 71.1 cm³/mol. The van der Waals surface area contributed by atoms with Crippen molar-refractivity contribution in [2.75, 3.05) is 5.32 Å². The molecule has 6 nitrogen and oxygen atoms in total. The fraction of sp³-hybridized carbons (Fsp3) is 0. The van der Waals surface area contributed by atoms with Crippen LogP contribution in [0.25, 0.3) is 0 Å². The molecule has 2 rings (SSSR count). The maximum absolute atomic E-state index is 13.7. The first kappa shape index (κ1) is 14.4. The summed E-state index contributed by atoms with van der Waals surface area (Å²) < 4.78 is 27.2. The van der Waals surface area contributed by atoms with Gasteiger partial charge in [0, 0.05) is 6.20 Å². The molecule has 0 fully saturated rings. The summed E-state index contributed by atoms with van der Waals surface area (Å²) in [5, 5.41) is 13.6. The van der Waals surface area contributed by atoms with Crippen molar-refractivity contribution in [2.45, 2.75) is 0 Å². The number of pyridine rings is 1. The molecule has 1 aromatic carbocycles. The van der Waals surface area contributed by atoms with Gasteiger partial charge in [-0.1, -0.05) is 11.2 Å². The summed E-state index contributed by atoms with van der Waals surface area (Å²) in [6.07, 6.45) is 2.12. The highest BCUT2D eigenvalue weighted by Gasteiger charge is 2.17. The molecule has 0 aliphatic heterocycles. The van der Waals surface area contributed by atoms with E-state index in [0.29, 0.717) is 0 Å². The van der Waals surface area contributed by atoms with E-state index in [2.05, 4.69) is 15.5 Å². The number of nitrogens with two attached hydrogens (primary N) is 1. The number of halogens is 2. The minimum atomic E-state index is -0.822. The lowest BCUT2D eigenvalue weighted by atomic mass is 10.1. The van der Waals surface area contributed by atoms with Gasteiger partial charge in [-0.3, -0.25) is 9.78 Å². The second-order valence-corrected chi connectivity index (χ2v) is 3.96. The molecule has 0 saturated heterocycles. The molecule has 0 bridgehead atoms. The van der Waals surface area contributed by atoms with Crippen LogP contribution in [0.1, 0.15) is 15.9 Å². The topological polar surface area (TPSA) is 101 Å². The number of carbonyl (C=O) groups excluding carboxylic acids is 1. The molecular weight excluding hydrogens is 282 g/mol. The highest BCUT2D eigenvalue weighted by molar-refractivity contribution is 6.10. The van der Waals surface area contributed by atoms with E-state index in [-0.39, 0.29) is 16.8 Å². The summed E-state index contributed by atoms with van der Waals surface area (Å²) in [7, 11) is 0. The molecule has 1 amide bonds. The Balaban J connectivity index is 2.39. The Bertz CT molecular complexity index is 719. The highest BCUT2D eigenvalue weighted by Crippen LogP contribution is 2.20. The van der Waals surface area contributed by atoms with E-state index in [1.54, 1.807) is 0 Å². The summed E-state index contributed by atoms with van der Waals surface area (Å²) in [6, 6.07) is 4.92. The molecule has 0 spiro atoms. The van der Waals surface area contributed by atoms with Crippen molar-refractivity contribution in [3.63, 3.8) is 0 Å². The third-order valence-corrected chi connectivity index (χ3v) is 2.64. The molecule has 108 valence electrons. The summed E-state index contributed by atoms with van der Waals surface area (Å²) in [5.41, 5.74) is 4.76. The van der Waals surface area contributed by atoms with Crippen molar-refractivity contribution < 1.29 is 18.8 Å². The van der Waals surface area contributed by atoms with Gasteiger partial charge in [-0.05, 0) is 18.2 Å². The number of carbonyl (C=O) groups is 1. The molecule has 0 radical (unpaired) electrons. The van der Waals surface area contributed by atoms with Crippen LogP contribution in [-0.4, -0.2) is 21.9 Å². The van der Waals surface area contributed by atoms with Gasteiger partial charge in [-0.25, -0.2) is 8.78 Å². The number of oxime groups is 1. The second kappa shape index (κ2) is 5.95. The van der Waals surface area contributed by atoms with Crippen LogP contribution in [0.15, 0.2) is 41.8 Å². The van der Waals surface area contributed by atoms with Crippen molar-refractivity contribution >= 4 is 17.4 Å². The van der Waals surface area contributed by atoms with E-state index >= 15 is 0 Å². The number of aromatic nitrogens is 1. The largest absolute Gasteiger partial charge is 0.409 e. The Morgan fingerprint density at radius 3 is 2.71 bits per heavy atom. The maximum Gasteiger partial charge on any atom is 0.258 e. The monoisotopic (exact) mass is 292 g/mol. The van der Waals surface area contributed by atoms with E-state index in [1.807, 2.05) is 0 Å². The number of amidine groups is 1. The van der Waals surface area contributed by atoms with Crippen LogP contribution < -0.4 is 11.1 Å². The van der Waals surface area contributed by atoms with Crippen LogP contribution in [-0.2, 0) is 0 Å². The normalized spacial score (nSPS) is 11.2. The van der Waals surface area contributed by atoms with Crippen LogP contribution in [0.2, 0.25) is 0 Å². The van der Waals surface area contributed by atoms with Crippen LogP contribution >= 0.6 is 0 Å². The number of anilines is 1. The minimum Gasteiger partial charge on any atom is -0.409 e. The summed E-state index contributed by atoms with van der Waals surface area (Å²) in [4.78, 5) is 15.5. The quantitative estimate of drug-likeness (QED) is 0.347. The number of nitrogens with zero attached hydrogens (tertiary/aromatic N) is 2. The third-order valence-electron chi connectivity index (χ3n) is 2.64.